The van der Waals surface area contributed by atoms with Crippen LogP contribution in [-0.2, 0) is 6.54 Å². The van der Waals surface area contributed by atoms with E-state index < -0.39 is 0 Å². The molecule has 2 aromatic rings. The number of H-pyrrole nitrogens is 1. The molecule has 17 heavy (non-hydrogen) atoms. The van der Waals surface area contributed by atoms with Crippen LogP contribution >= 0.6 is 11.3 Å². The Morgan fingerprint density at radius 1 is 1.41 bits per heavy atom. The Labute approximate surface area is 106 Å². The van der Waals surface area contributed by atoms with Crippen LogP contribution in [0.2, 0.25) is 0 Å². The summed E-state index contributed by atoms with van der Waals surface area (Å²) < 4.78 is 0. The van der Waals surface area contributed by atoms with Crippen molar-refractivity contribution in [2.24, 2.45) is 0 Å². The molecule has 2 heterocycles. The van der Waals surface area contributed by atoms with Crippen LogP contribution in [0.3, 0.4) is 0 Å². The fourth-order valence-corrected chi connectivity index (χ4v) is 2.56. The molecule has 3 nitrogen and oxygen atoms in total. The average molecular weight is 249 g/mol. The highest BCUT2D eigenvalue weighted by Crippen LogP contribution is 2.25. The van der Waals surface area contributed by atoms with E-state index in [4.69, 9.17) is 0 Å². The summed E-state index contributed by atoms with van der Waals surface area (Å²) in [5, 5.41) is 12.8. The normalized spacial score (nSPS) is 10.9. The van der Waals surface area contributed by atoms with Crippen LogP contribution in [0.5, 0.6) is 0 Å². The second-order valence-electron chi connectivity index (χ2n) is 4.13. The molecule has 0 spiro atoms. The largest absolute Gasteiger partial charge is 0.313 e. The molecule has 0 saturated heterocycles. The Morgan fingerprint density at radius 2 is 2.35 bits per heavy atom. The summed E-state index contributed by atoms with van der Waals surface area (Å²) in [6, 6.07) is 4.19. The van der Waals surface area contributed by atoms with E-state index >= 15 is 0 Å². The maximum atomic E-state index is 4.13. The Bertz CT molecular complexity index is 420. The van der Waals surface area contributed by atoms with Gasteiger partial charge in [-0.05, 0) is 24.4 Å². The van der Waals surface area contributed by atoms with Crippen molar-refractivity contribution in [3.8, 4) is 10.6 Å². The summed E-state index contributed by atoms with van der Waals surface area (Å²) in [6.07, 6.45) is 5.74. The number of aromatic nitrogens is 2. The molecule has 0 aliphatic heterocycles. The van der Waals surface area contributed by atoms with Crippen molar-refractivity contribution in [1.82, 2.24) is 15.5 Å². The zero-order valence-corrected chi connectivity index (χ0v) is 11.0. The molecule has 0 fully saturated rings. The molecule has 2 N–H and O–H groups in total. The summed E-state index contributed by atoms with van der Waals surface area (Å²) in [4.78, 5) is 1.26. The summed E-state index contributed by atoms with van der Waals surface area (Å²) in [7, 11) is 0. The maximum absolute atomic E-state index is 4.13. The number of nitrogens with zero attached hydrogens (tertiary/aromatic N) is 1. The third kappa shape index (κ3) is 3.41. The van der Waals surface area contributed by atoms with E-state index in [0.29, 0.717) is 0 Å². The topological polar surface area (TPSA) is 40.7 Å². The number of aromatic amines is 1. The number of thiophene rings is 1. The highest BCUT2D eigenvalue weighted by atomic mass is 32.1. The molecular formula is C13H19N3S. The molecule has 0 saturated carbocycles. The van der Waals surface area contributed by atoms with Gasteiger partial charge in [0.05, 0.1) is 16.8 Å². The number of rotatable bonds is 7. The predicted molar refractivity (Wildman–Crippen MR) is 73.1 cm³/mol. The van der Waals surface area contributed by atoms with Gasteiger partial charge < -0.3 is 5.32 Å². The molecule has 2 aromatic heterocycles. The number of hydrogen-bond donors (Lipinski definition) is 2. The Morgan fingerprint density at radius 3 is 3.12 bits per heavy atom. The third-order valence-corrected chi connectivity index (χ3v) is 3.65. The average Bonchev–Trinajstić information content (AvgIpc) is 2.98. The van der Waals surface area contributed by atoms with Crippen LogP contribution in [0.4, 0.5) is 0 Å². The van der Waals surface area contributed by atoms with Crippen LogP contribution in [-0.4, -0.2) is 16.7 Å². The van der Waals surface area contributed by atoms with Gasteiger partial charge in [-0.1, -0.05) is 25.8 Å². The van der Waals surface area contributed by atoms with Gasteiger partial charge in [-0.15, -0.1) is 11.3 Å². The van der Waals surface area contributed by atoms with Gasteiger partial charge in [-0.2, -0.15) is 5.10 Å². The quantitative estimate of drug-likeness (QED) is 0.738. The van der Waals surface area contributed by atoms with Crippen LogP contribution in [0.25, 0.3) is 10.6 Å². The van der Waals surface area contributed by atoms with Gasteiger partial charge >= 0.3 is 0 Å². The molecular weight excluding hydrogens is 230 g/mol. The molecule has 0 amide bonds. The SMILES string of the molecule is CCCCCNCc1cn[nH]c1-c1cccs1. The van der Waals surface area contributed by atoms with E-state index in [1.165, 1.54) is 29.7 Å². The molecule has 4 heteroatoms. The van der Waals surface area contributed by atoms with Crippen molar-refractivity contribution in [3.05, 3.63) is 29.3 Å². The van der Waals surface area contributed by atoms with E-state index in [2.05, 4.69) is 40.0 Å². The van der Waals surface area contributed by atoms with Crippen molar-refractivity contribution in [2.75, 3.05) is 6.54 Å². The Balaban J connectivity index is 1.87. The van der Waals surface area contributed by atoms with E-state index in [9.17, 15) is 0 Å². The Hall–Kier alpha value is -1.13. The van der Waals surface area contributed by atoms with Crippen molar-refractivity contribution < 1.29 is 0 Å². The molecule has 0 atom stereocenters. The van der Waals surface area contributed by atoms with Crippen LogP contribution < -0.4 is 5.32 Å². The number of unbranched alkanes of at least 4 members (excludes halogenated alkanes) is 2. The maximum Gasteiger partial charge on any atom is 0.0794 e. The zero-order valence-electron chi connectivity index (χ0n) is 10.2. The molecule has 2 rings (SSSR count). The molecule has 0 unspecified atom stereocenters. The van der Waals surface area contributed by atoms with Gasteiger partial charge in [-0.3, -0.25) is 5.10 Å². The van der Waals surface area contributed by atoms with Crippen LogP contribution in [0.15, 0.2) is 23.7 Å². The van der Waals surface area contributed by atoms with Crippen molar-refractivity contribution >= 4 is 11.3 Å². The minimum absolute atomic E-state index is 0.896. The predicted octanol–water partition coefficient (Wildman–Crippen LogP) is 3.42. The fraction of sp³-hybridized carbons (Fsp3) is 0.462. The minimum Gasteiger partial charge on any atom is -0.313 e. The first-order valence-corrected chi connectivity index (χ1v) is 7.06. The van der Waals surface area contributed by atoms with Crippen LogP contribution in [0, 0.1) is 0 Å². The zero-order chi connectivity index (χ0) is 11.9. The standard InChI is InChI=1S/C13H19N3S/c1-2-3-4-7-14-9-11-10-15-16-13(11)12-6-5-8-17-12/h5-6,8,10,14H,2-4,7,9H2,1H3,(H,15,16). The lowest BCUT2D eigenvalue weighted by Crippen LogP contribution is -2.14. The minimum atomic E-state index is 0.896. The lowest BCUT2D eigenvalue weighted by atomic mass is 10.2. The first-order valence-electron chi connectivity index (χ1n) is 6.18. The molecule has 92 valence electrons. The monoisotopic (exact) mass is 249 g/mol. The van der Waals surface area contributed by atoms with E-state index in [-0.39, 0.29) is 0 Å². The second kappa shape index (κ2) is 6.57. The van der Waals surface area contributed by atoms with Gasteiger partial charge in [0.15, 0.2) is 0 Å². The first kappa shape index (κ1) is 12.3. The molecule has 0 bridgehead atoms. The van der Waals surface area contributed by atoms with Gasteiger partial charge in [-0.25, -0.2) is 0 Å². The lowest BCUT2D eigenvalue weighted by molar-refractivity contribution is 0.617. The number of hydrogen-bond acceptors (Lipinski definition) is 3. The van der Waals surface area contributed by atoms with Gasteiger partial charge in [0, 0.05) is 12.1 Å². The number of nitrogens with one attached hydrogen (secondary N) is 2. The molecule has 0 aliphatic rings. The highest BCUT2D eigenvalue weighted by Gasteiger charge is 2.07. The van der Waals surface area contributed by atoms with E-state index in [1.54, 1.807) is 11.3 Å². The second-order valence-corrected chi connectivity index (χ2v) is 5.08. The Kier molecular flexibility index (Phi) is 4.76. The molecule has 0 radical (unpaired) electrons. The van der Waals surface area contributed by atoms with Gasteiger partial charge in [0.2, 0.25) is 0 Å². The summed E-state index contributed by atoms with van der Waals surface area (Å²) in [5.41, 5.74) is 2.41. The molecule has 0 aromatic carbocycles. The highest BCUT2D eigenvalue weighted by molar-refractivity contribution is 7.13. The third-order valence-electron chi connectivity index (χ3n) is 2.76. The fourth-order valence-electron chi connectivity index (χ4n) is 1.80. The van der Waals surface area contributed by atoms with Crippen LogP contribution in [0.1, 0.15) is 31.7 Å². The summed E-state index contributed by atoms with van der Waals surface area (Å²) >= 11 is 1.74. The molecule has 0 aliphatic carbocycles. The van der Waals surface area contributed by atoms with Crippen molar-refractivity contribution in [2.45, 2.75) is 32.7 Å². The van der Waals surface area contributed by atoms with E-state index in [0.717, 1.165) is 18.8 Å². The van der Waals surface area contributed by atoms with Gasteiger partial charge in [0.25, 0.3) is 0 Å². The smallest absolute Gasteiger partial charge is 0.0794 e. The van der Waals surface area contributed by atoms with Gasteiger partial charge in [0.1, 0.15) is 0 Å². The van der Waals surface area contributed by atoms with E-state index in [1.807, 2.05) is 6.20 Å². The van der Waals surface area contributed by atoms with Crippen molar-refractivity contribution in [3.63, 3.8) is 0 Å². The lowest BCUT2D eigenvalue weighted by Gasteiger charge is -2.04. The van der Waals surface area contributed by atoms with Crippen molar-refractivity contribution in [1.29, 1.82) is 0 Å². The summed E-state index contributed by atoms with van der Waals surface area (Å²) in [5.74, 6) is 0. The summed E-state index contributed by atoms with van der Waals surface area (Å²) in [6.45, 7) is 4.21. The first-order chi connectivity index (χ1) is 8.42.